The summed E-state index contributed by atoms with van der Waals surface area (Å²) in [5, 5.41) is 5.25. The van der Waals surface area contributed by atoms with Crippen LogP contribution in [0.4, 0.5) is 11.4 Å². The van der Waals surface area contributed by atoms with Crippen molar-refractivity contribution in [2.24, 2.45) is 5.14 Å². The van der Waals surface area contributed by atoms with Crippen LogP contribution in [0.3, 0.4) is 0 Å². The highest BCUT2D eigenvalue weighted by atomic mass is 32.2. The van der Waals surface area contributed by atoms with E-state index in [0.717, 1.165) is 12.8 Å². The van der Waals surface area contributed by atoms with E-state index in [1.165, 1.54) is 18.9 Å². The van der Waals surface area contributed by atoms with Crippen LogP contribution in [-0.2, 0) is 10.0 Å². The first-order valence-electron chi connectivity index (χ1n) is 6.05. The van der Waals surface area contributed by atoms with Gasteiger partial charge in [-0.15, -0.1) is 0 Å². The summed E-state index contributed by atoms with van der Waals surface area (Å²) >= 11 is 0. The van der Waals surface area contributed by atoms with E-state index < -0.39 is 10.0 Å². The Morgan fingerprint density at radius 1 is 1.28 bits per heavy atom. The molecule has 5 nitrogen and oxygen atoms in total. The lowest BCUT2D eigenvalue weighted by Crippen LogP contribution is -2.31. The summed E-state index contributed by atoms with van der Waals surface area (Å²) in [4.78, 5) is 2.11. The molecule has 0 spiro atoms. The van der Waals surface area contributed by atoms with Crippen molar-refractivity contribution in [1.29, 1.82) is 0 Å². The Morgan fingerprint density at radius 3 is 2.44 bits per heavy atom. The van der Waals surface area contributed by atoms with Crippen molar-refractivity contribution in [2.75, 3.05) is 17.7 Å². The number of anilines is 2. The molecule has 0 bridgehead atoms. The van der Waals surface area contributed by atoms with Crippen LogP contribution in [0.15, 0.2) is 23.1 Å². The molecule has 1 aliphatic rings. The van der Waals surface area contributed by atoms with Crippen molar-refractivity contribution in [2.45, 2.75) is 36.6 Å². The summed E-state index contributed by atoms with van der Waals surface area (Å²) in [7, 11) is -1.84. The topological polar surface area (TPSA) is 89.4 Å². The van der Waals surface area contributed by atoms with Crippen molar-refractivity contribution in [1.82, 2.24) is 0 Å². The minimum Gasteiger partial charge on any atom is -0.399 e. The molecule has 1 aromatic carbocycles. The van der Waals surface area contributed by atoms with Gasteiger partial charge in [-0.2, -0.15) is 0 Å². The molecule has 1 aromatic rings. The minimum absolute atomic E-state index is 0.108. The van der Waals surface area contributed by atoms with Crippen LogP contribution < -0.4 is 15.8 Å². The molecule has 4 N–H and O–H groups in total. The Labute approximate surface area is 108 Å². The number of nitrogen functional groups attached to an aromatic ring is 1. The molecule has 0 saturated heterocycles. The van der Waals surface area contributed by atoms with E-state index in [0.29, 0.717) is 17.4 Å². The summed E-state index contributed by atoms with van der Waals surface area (Å²) in [6.07, 6.45) is 4.55. The first kappa shape index (κ1) is 13.2. The highest BCUT2D eigenvalue weighted by molar-refractivity contribution is 7.89. The Balaban J connectivity index is 2.43. The second-order valence-electron chi connectivity index (χ2n) is 4.82. The molecule has 0 amide bonds. The number of rotatable bonds is 3. The standard InChI is InChI=1S/C12H19N3O2S/c1-15(10-4-2-3-5-10)11-7-6-9(13)8-12(11)18(14,16)17/h6-8,10H,2-5,13H2,1H3,(H2,14,16,17). The molecule has 0 aromatic heterocycles. The fraction of sp³-hybridized carbons (Fsp3) is 0.500. The van der Waals surface area contributed by atoms with E-state index in [2.05, 4.69) is 0 Å². The third-order valence-corrected chi connectivity index (χ3v) is 4.48. The van der Waals surface area contributed by atoms with Gasteiger partial charge in [0.1, 0.15) is 4.90 Å². The van der Waals surface area contributed by atoms with Crippen molar-refractivity contribution in [3.63, 3.8) is 0 Å². The molecule has 0 unspecified atom stereocenters. The zero-order valence-electron chi connectivity index (χ0n) is 10.5. The highest BCUT2D eigenvalue weighted by Crippen LogP contribution is 2.31. The molecule has 0 radical (unpaired) electrons. The van der Waals surface area contributed by atoms with Gasteiger partial charge in [-0.25, -0.2) is 13.6 Å². The van der Waals surface area contributed by atoms with Crippen LogP contribution in [0.25, 0.3) is 0 Å². The summed E-state index contributed by atoms with van der Waals surface area (Å²) in [6.45, 7) is 0. The Bertz CT molecular complexity index is 536. The van der Waals surface area contributed by atoms with Gasteiger partial charge < -0.3 is 10.6 Å². The second kappa shape index (κ2) is 4.78. The predicted molar refractivity (Wildman–Crippen MR) is 72.9 cm³/mol. The van der Waals surface area contributed by atoms with E-state index >= 15 is 0 Å². The maximum atomic E-state index is 11.6. The number of nitrogens with zero attached hydrogens (tertiary/aromatic N) is 1. The maximum Gasteiger partial charge on any atom is 0.240 e. The van der Waals surface area contributed by atoms with Gasteiger partial charge in [0.2, 0.25) is 10.0 Å². The Kier molecular flexibility index (Phi) is 3.49. The normalized spacial score (nSPS) is 17.0. The van der Waals surface area contributed by atoms with E-state index in [1.54, 1.807) is 12.1 Å². The van der Waals surface area contributed by atoms with E-state index in [4.69, 9.17) is 10.9 Å². The van der Waals surface area contributed by atoms with Crippen molar-refractivity contribution in [3.05, 3.63) is 18.2 Å². The number of primary sulfonamides is 1. The Morgan fingerprint density at radius 2 is 1.89 bits per heavy atom. The maximum absolute atomic E-state index is 11.6. The minimum atomic E-state index is -3.75. The predicted octanol–water partition coefficient (Wildman–Crippen LogP) is 1.29. The average molecular weight is 269 g/mol. The highest BCUT2D eigenvalue weighted by Gasteiger charge is 2.24. The lowest BCUT2D eigenvalue weighted by atomic mass is 10.2. The third kappa shape index (κ3) is 2.59. The number of sulfonamides is 1. The summed E-state index contributed by atoms with van der Waals surface area (Å²) < 4.78 is 23.2. The van der Waals surface area contributed by atoms with Crippen LogP contribution in [0.1, 0.15) is 25.7 Å². The summed E-state index contributed by atoms with van der Waals surface area (Å²) in [5.41, 5.74) is 6.68. The zero-order chi connectivity index (χ0) is 13.3. The lowest BCUT2D eigenvalue weighted by Gasteiger charge is -2.28. The summed E-state index contributed by atoms with van der Waals surface area (Å²) in [5.74, 6) is 0. The first-order chi connectivity index (χ1) is 8.39. The molecule has 1 aliphatic carbocycles. The molecule has 1 fully saturated rings. The van der Waals surface area contributed by atoms with Gasteiger partial charge in [-0.3, -0.25) is 0 Å². The first-order valence-corrected chi connectivity index (χ1v) is 7.59. The van der Waals surface area contributed by atoms with Gasteiger partial charge in [-0.05, 0) is 31.0 Å². The monoisotopic (exact) mass is 269 g/mol. The molecule has 0 heterocycles. The van der Waals surface area contributed by atoms with Crippen LogP contribution in [0.2, 0.25) is 0 Å². The van der Waals surface area contributed by atoms with Crippen LogP contribution in [-0.4, -0.2) is 21.5 Å². The van der Waals surface area contributed by atoms with Gasteiger partial charge >= 0.3 is 0 Å². The zero-order valence-corrected chi connectivity index (χ0v) is 11.3. The largest absolute Gasteiger partial charge is 0.399 e. The fourth-order valence-corrected chi connectivity index (χ4v) is 3.34. The van der Waals surface area contributed by atoms with Crippen LogP contribution >= 0.6 is 0 Å². The lowest BCUT2D eigenvalue weighted by molar-refractivity contribution is 0.595. The molecule has 2 rings (SSSR count). The van der Waals surface area contributed by atoms with E-state index in [1.807, 2.05) is 11.9 Å². The van der Waals surface area contributed by atoms with Crippen molar-refractivity contribution in [3.8, 4) is 0 Å². The van der Waals surface area contributed by atoms with E-state index in [9.17, 15) is 8.42 Å². The molecule has 100 valence electrons. The van der Waals surface area contributed by atoms with Crippen LogP contribution in [0.5, 0.6) is 0 Å². The second-order valence-corrected chi connectivity index (χ2v) is 6.35. The molecule has 6 heteroatoms. The van der Waals surface area contributed by atoms with E-state index in [-0.39, 0.29) is 4.90 Å². The van der Waals surface area contributed by atoms with Crippen molar-refractivity contribution >= 4 is 21.4 Å². The van der Waals surface area contributed by atoms with Crippen LogP contribution in [0, 0.1) is 0 Å². The Hall–Kier alpha value is -1.27. The third-order valence-electron chi connectivity index (χ3n) is 3.54. The number of nitrogens with two attached hydrogens (primary N) is 2. The molecular formula is C12H19N3O2S. The molecule has 0 aliphatic heterocycles. The van der Waals surface area contributed by atoms with Gasteiger partial charge in [0.15, 0.2) is 0 Å². The van der Waals surface area contributed by atoms with Gasteiger partial charge in [0, 0.05) is 18.8 Å². The fourth-order valence-electron chi connectivity index (χ4n) is 2.54. The van der Waals surface area contributed by atoms with Gasteiger partial charge in [-0.1, -0.05) is 12.8 Å². The smallest absolute Gasteiger partial charge is 0.240 e. The van der Waals surface area contributed by atoms with Gasteiger partial charge in [0.25, 0.3) is 0 Å². The number of hydrogen-bond acceptors (Lipinski definition) is 4. The summed E-state index contributed by atoms with van der Waals surface area (Å²) in [6, 6.07) is 5.24. The number of hydrogen-bond donors (Lipinski definition) is 2. The van der Waals surface area contributed by atoms with Crippen molar-refractivity contribution < 1.29 is 8.42 Å². The molecule has 0 atom stereocenters. The SMILES string of the molecule is CN(c1ccc(N)cc1S(N)(=O)=O)C1CCCC1. The molecular weight excluding hydrogens is 250 g/mol. The quantitative estimate of drug-likeness (QED) is 0.809. The number of benzene rings is 1. The molecule has 18 heavy (non-hydrogen) atoms. The molecule has 1 saturated carbocycles. The van der Waals surface area contributed by atoms with Gasteiger partial charge in [0.05, 0.1) is 5.69 Å². The average Bonchev–Trinajstić information content (AvgIpc) is 2.80.